The number of fused-ring (bicyclic) bond motifs is 1. The van der Waals surface area contributed by atoms with Crippen molar-refractivity contribution < 1.29 is 0 Å². The minimum Gasteiger partial charge on any atom is -0.368 e. The number of hydrogen-bond acceptors (Lipinski definition) is 6. The van der Waals surface area contributed by atoms with Crippen molar-refractivity contribution in [3.05, 3.63) is 24.3 Å². The van der Waals surface area contributed by atoms with Gasteiger partial charge in [-0.25, -0.2) is 4.98 Å². The molecule has 0 saturated heterocycles. The number of hydrogen-bond donors (Lipinski definition) is 3. The van der Waals surface area contributed by atoms with Crippen LogP contribution < -0.4 is 11.1 Å². The normalized spacial score (nSPS) is 11.0. The zero-order chi connectivity index (χ0) is 13.2. The fourth-order valence-corrected chi connectivity index (χ4v) is 1.86. The number of H-pyrrole nitrogens is 1. The molecular weight excluding hydrogens is 244 g/mol. The smallest absolute Gasteiger partial charge is 0.224 e. The molecule has 3 aromatic heterocycles. The average molecular weight is 258 g/mol. The van der Waals surface area contributed by atoms with Gasteiger partial charge in [-0.05, 0) is 12.5 Å². The van der Waals surface area contributed by atoms with Gasteiger partial charge in [-0.15, -0.1) is 0 Å². The van der Waals surface area contributed by atoms with Gasteiger partial charge in [0.2, 0.25) is 5.95 Å². The number of imidazole rings is 1. The molecule has 0 aliphatic rings. The van der Waals surface area contributed by atoms with E-state index in [9.17, 15) is 0 Å². The maximum Gasteiger partial charge on any atom is 0.224 e. The molecular formula is C11H14N8. The van der Waals surface area contributed by atoms with Gasteiger partial charge >= 0.3 is 0 Å². The van der Waals surface area contributed by atoms with Crippen LogP contribution in [0.15, 0.2) is 18.7 Å². The second-order valence-electron chi connectivity index (χ2n) is 4.24. The number of rotatable bonds is 4. The monoisotopic (exact) mass is 258 g/mol. The summed E-state index contributed by atoms with van der Waals surface area (Å²) in [6.45, 7) is 3.44. The van der Waals surface area contributed by atoms with Crippen LogP contribution in [0.2, 0.25) is 0 Å². The average Bonchev–Trinajstić information content (AvgIpc) is 2.98. The number of anilines is 2. The molecule has 0 atom stereocenters. The first-order valence-electron chi connectivity index (χ1n) is 5.92. The Bertz CT molecular complexity index is 698. The molecule has 8 heteroatoms. The van der Waals surface area contributed by atoms with Crippen LogP contribution in [0.5, 0.6) is 0 Å². The predicted molar refractivity (Wildman–Crippen MR) is 71.5 cm³/mol. The maximum atomic E-state index is 5.64. The van der Waals surface area contributed by atoms with E-state index in [0.29, 0.717) is 18.0 Å². The molecule has 0 unspecified atom stereocenters. The molecule has 98 valence electrons. The summed E-state index contributed by atoms with van der Waals surface area (Å²) in [4.78, 5) is 15.3. The summed E-state index contributed by atoms with van der Waals surface area (Å²) in [5.74, 6) is 0.862. The number of nitrogens with two attached hydrogens (primary N) is 1. The molecule has 3 aromatic rings. The van der Waals surface area contributed by atoms with E-state index in [0.717, 1.165) is 17.6 Å². The summed E-state index contributed by atoms with van der Waals surface area (Å²) in [6, 6.07) is 0. The molecule has 0 aliphatic carbocycles. The third-order valence-corrected chi connectivity index (χ3v) is 2.70. The standard InChI is InChI=1S/C11H14N8/c1-7-4-16-19(5-7)3-2-13-9-8-10(15-6-14-8)18-11(12)17-9/h4-6H,2-3H2,1H3,(H4,12,13,14,15,17,18). The van der Waals surface area contributed by atoms with Gasteiger partial charge in [0, 0.05) is 12.7 Å². The molecule has 0 bridgehead atoms. The van der Waals surface area contributed by atoms with Gasteiger partial charge in [-0.1, -0.05) is 0 Å². The Balaban J connectivity index is 1.73. The van der Waals surface area contributed by atoms with Crippen molar-refractivity contribution in [1.82, 2.24) is 29.7 Å². The van der Waals surface area contributed by atoms with E-state index in [4.69, 9.17) is 5.73 Å². The molecule has 3 rings (SSSR count). The topological polar surface area (TPSA) is 110 Å². The Morgan fingerprint density at radius 3 is 3.11 bits per heavy atom. The fourth-order valence-electron chi connectivity index (χ4n) is 1.86. The van der Waals surface area contributed by atoms with E-state index >= 15 is 0 Å². The molecule has 3 heterocycles. The number of aryl methyl sites for hydroxylation is 1. The molecule has 0 aliphatic heterocycles. The second-order valence-corrected chi connectivity index (χ2v) is 4.24. The summed E-state index contributed by atoms with van der Waals surface area (Å²) in [7, 11) is 0. The van der Waals surface area contributed by atoms with Gasteiger partial charge in [-0.3, -0.25) is 4.68 Å². The summed E-state index contributed by atoms with van der Waals surface area (Å²) in [5, 5.41) is 7.43. The highest BCUT2D eigenvalue weighted by atomic mass is 15.3. The van der Waals surface area contributed by atoms with Crippen molar-refractivity contribution in [3.8, 4) is 0 Å². The van der Waals surface area contributed by atoms with Gasteiger partial charge in [-0.2, -0.15) is 15.1 Å². The van der Waals surface area contributed by atoms with Crippen LogP contribution in [0.4, 0.5) is 11.8 Å². The number of nitrogens with one attached hydrogen (secondary N) is 2. The number of aromatic nitrogens is 6. The third-order valence-electron chi connectivity index (χ3n) is 2.70. The lowest BCUT2D eigenvalue weighted by atomic mass is 10.4. The molecule has 0 amide bonds. The molecule has 0 spiro atoms. The van der Waals surface area contributed by atoms with Crippen molar-refractivity contribution in [2.24, 2.45) is 0 Å². The third kappa shape index (κ3) is 2.32. The van der Waals surface area contributed by atoms with Crippen molar-refractivity contribution in [3.63, 3.8) is 0 Å². The summed E-state index contributed by atoms with van der Waals surface area (Å²) < 4.78 is 1.87. The first-order valence-corrected chi connectivity index (χ1v) is 5.92. The zero-order valence-electron chi connectivity index (χ0n) is 10.5. The first-order chi connectivity index (χ1) is 9.22. The molecule has 19 heavy (non-hydrogen) atoms. The summed E-state index contributed by atoms with van der Waals surface area (Å²) in [6.07, 6.45) is 5.39. The minimum absolute atomic E-state index is 0.206. The Labute approximate surface area is 109 Å². The van der Waals surface area contributed by atoms with E-state index in [1.165, 1.54) is 0 Å². The van der Waals surface area contributed by atoms with Crippen LogP contribution in [0.3, 0.4) is 0 Å². The molecule has 0 aromatic carbocycles. The minimum atomic E-state index is 0.206. The summed E-state index contributed by atoms with van der Waals surface area (Å²) in [5.41, 5.74) is 8.09. The highest BCUT2D eigenvalue weighted by Crippen LogP contribution is 2.16. The Morgan fingerprint density at radius 2 is 2.32 bits per heavy atom. The van der Waals surface area contributed by atoms with Crippen LogP contribution in [0.1, 0.15) is 5.56 Å². The van der Waals surface area contributed by atoms with E-state index in [1.807, 2.05) is 24.0 Å². The highest BCUT2D eigenvalue weighted by molar-refractivity contribution is 5.83. The zero-order valence-corrected chi connectivity index (χ0v) is 10.5. The quantitative estimate of drug-likeness (QED) is 0.630. The number of nitrogen functional groups attached to an aromatic ring is 1. The molecule has 8 nitrogen and oxygen atoms in total. The molecule has 0 saturated carbocycles. The van der Waals surface area contributed by atoms with Gasteiger partial charge < -0.3 is 16.0 Å². The fraction of sp³-hybridized carbons (Fsp3) is 0.273. The first kappa shape index (κ1) is 11.5. The van der Waals surface area contributed by atoms with Crippen molar-refractivity contribution in [2.75, 3.05) is 17.6 Å². The second kappa shape index (κ2) is 4.56. The maximum absolute atomic E-state index is 5.64. The summed E-state index contributed by atoms with van der Waals surface area (Å²) >= 11 is 0. The van der Waals surface area contributed by atoms with E-state index < -0.39 is 0 Å². The van der Waals surface area contributed by atoms with Gasteiger partial charge in [0.15, 0.2) is 11.5 Å². The molecule has 0 fully saturated rings. The van der Waals surface area contributed by atoms with Crippen LogP contribution in [-0.2, 0) is 6.54 Å². The predicted octanol–water partition coefficient (Wildman–Crippen LogP) is 0.552. The SMILES string of the molecule is Cc1cnn(CCNc2nc(N)nc3nc[nH]c23)c1. The van der Waals surface area contributed by atoms with Crippen molar-refractivity contribution in [2.45, 2.75) is 13.5 Å². The van der Waals surface area contributed by atoms with Crippen LogP contribution >= 0.6 is 0 Å². The van der Waals surface area contributed by atoms with Crippen molar-refractivity contribution in [1.29, 1.82) is 0 Å². The van der Waals surface area contributed by atoms with Crippen LogP contribution in [0, 0.1) is 6.92 Å². The van der Waals surface area contributed by atoms with E-state index in [2.05, 4.69) is 30.4 Å². The lowest BCUT2D eigenvalue weighted by Crippen LogP contribution is -2.12. The Morgan fingerprint density at radius 1 is 1.42 bits per heavy atom. The van der Waals surface area contributed by atoms with Gasteiger partial charge in [0.05, 0.1) is 19.1 Å². The highest BCUT2D eigenvalue weighted by Gasteiger charge is 2.07. The largest absolute Gasteiger partial charge is 0.368 e. The van der Waals surface area contributed by atoms with Crippen LogP contribution in [0.25, 0.3) is 11.2 Å². The van der Waals surface area contributed by atoms with E-state index in [-0.39, 0.29) is 5.95 Å². The Hall–Kier alpha value is -2.64. The lowest BCUT2D eigenvalue weighted by molar-refractivity contribution is 0.637. The van der Waals surface area contributed by atoms with Gasteiger partial charge in [0.25, 0.3) is 0 Å². The van der Waals surface area contributed by atoms with E-state index in [1.54, 1.807) is 6.33 Å². The number of nitrogens with zero attached hydrogens (tertiary/aromatic N) is 5. The molecule has 4 N–H and O–H groups in total. The lowest BCUT2D eigenvalue weighted by Gasteiger charge is -2.06. The van der Waals surface area contributed by atoms with Crippen molar-refractivity contribution >= 4 is 22.9 Å². The molecule has 0 radical (unpaired) electrons. The number of aromatic amines is 1. The van der Waals surface area contributed by atoms with Crippen LogP contribution in [-0.4, -0.2) is 36.3 Å². The Kier molecular flexibility index (Phi) is 2.75. The van der Waals surface area contributed by atoms with Gasteiger partial charge in [0.1, 0.15) is 5.52 Å².